The van der Waals surface area contributed by atoms with Crippen LogP contribution in [-0.2, 0) is 4.79 Å². The minimum absolute atomic E-state index is 0.102. The maximum atomic E-state index is 12.0. The summed E-state index contributed by atoms with van der Waals surface area (Å²) in [6.45, 7) is 1.76. The number of hydrogen-bond acceptors (Lipinski definition) is 2. The van der Waals surface area contributed by atoms with E-state index in [1.165, 1.54) is 6.08 Å². The summed E-state index contributed by atoms with van der Waals surface area (Å²) in [4.78, 5) is 23.9. The second kappa shape index (κ2) is 7.20. The van der Waals surface area contributed by atoms with E-state index < -0.39 is 0 Å². The van der Waals surface area contributed by atoms with Gasteiger partial charge in [-0.3, -0.25) is 9.59 Å². The number of hydrogen-bond donors (Lipinski definition) is 1. The molecular formula is C18H17NO2. The summed E-state index contributed by atoms with van der Waals surface area (Å²) in [5.41, 5.74) is 1.36. The van der Waals surface area contributed by atoms with Gasteiger partial charge in [-0.05, 0) is 18.2 Å². The van der Waals surface area contributed by atoms with Gasteiger partial charge in [-0.25, -0.2) is 0 Å². The molecule has 2 rings (SSSR count). The Labute approximate surface area is 124 Å². The summed E-state index contributed by atoms with van der Waals surface area (Å²) in [5, 5.41) is 2.80. The van der Waals surface area contributed by atoms with E-state index in [-0.39, 0.29) is 17.6 Å². The zero-order valence-corrected chi connectivity index (χ0v) is 11.8. The van der Waals surface area contributed by atoms with Crippen molar-refractivity contribution in [2.75, 3.05) is 5.32 Å². The third-order valence-electron chi connectivity index (χ3n) is 3.05. The van der Waals surface area contributed by atoms with Crippen molar-refractivity contribution in [2.45, 2.75) is 6.92 Å². The van der Waals surface area contributed by atoms with Crippen LogP contribution in [0.4, 0.5) is 5.69 Å². The van der Waals surface area contributed by atoms with Crippen LogP contribution >= 0.6 is 0 Å². The van der Waals surface area contributed by atoms with Gasteiger partial charge in [0.1, 0.15) is 0 Å². The predicted molar refractivity (Wildman–Crippen MR) is 84.1 cm³/mol. The monoisotopic (exact) mass is 279 g/mol. The second-order valence-corrected chi connectivity index (χ2v) is 4.73. The molecule has 1 atom stereocenters. The average molecular weight is 279 g/mol. The standard InChI is InChI=1S/C18H17NO2/c1-14(18(21)19-16-10-6-3-7-11-16)12-13-17(20)15-8-4-2-5-9-15/h2-14H,1H3,(H,19,21). The first kappa shape index (κ1) is 14.7. The summed E-state index contributed by atoms with van der Waals surface area (Å²) >= 11 is 0. The summed E-state index contributed by atoms with van der Waals surface area (Å²) in [6, 6.07) is 18.2. The van der Waals surface area contributed by atoms with E-state index in [1.807, 2.05) is 48.5 Å². The van der Waals surface area contributed by atoms with E-state index in [0.29, 0.717) is 5.56 Å². The molecule has 0 heterocycles. The van der Waals surface area contributed by atoms with Crippen molar-refractivity contribution < 1.29 is 9.59 Å². The number of carbonyl (C=O) groups is 2. The van der Waals surface area contributed by atoms with Crippen molar-refractivity contribution in [3.63, 3.8) is 0 Å². The number of allylic oxidation sites excluding steroid dienone is 1. The Kier molecular flexibility index (Phi) is 5.04. The number of carbonyl (C=O) groups excluding carboxylic acids is 2. The molecule has 0 fully saturated rings. The maximum Gasteiger partial charge on any atom is 0.231 e. The largest absolute Gasteiger partial charge is 0.326 e. The highest BCUT2D eigenvalue weighted by atomic mass is 16.2. The van der Waals surface area contributed by atoms with Crippen molar-refractivity contribution in [3.05, 3.63) is 78.4 Å². The third kappa shape index (κ3) is 4.42. The Morgan fingerprint density at radius 3 is 2.14 bits per heavy atom. The SMILES string of the molecule is CC(C=CC(=O)c1ccccc1)C(=O)Nc1ccccc1. The van der Waals surface area contributed by atoms with E-state index >= 15 is 0 Å². The molecular weight excluding hydrogens is 262 g/mol. The number of ketones is 1. The quantitative estimate of drug-likeness (QED) is 0.670. The topological polar surface area (TPSA) is 46.2 Å². The Bertz CT molecular complexity index is 633. The van der Waals surface area contributed by atoms with Crippen molar-refractivity contribution in [1.82, 2.24) is 0 Å². The van der Waals surface area contributed by atoms with Crippen LogP contribution in [0.2, 0.25) is 0 Å². The van der Waals surface area contributed by atoms with Crippen LogP contribution < -0.4 is 5.32 Å². The normalized spacial score (nSPS) is 12.0. The molecule has 0 bridgehead atoms. The minimum Gasteiger partial charge on any atom is -0.326 e. The molecule has 3 heteroatoms. The van der Waals surface area contributed by atoms with Gasteiger partial charge in [0, 0.05) is 11.3 Å². The lowest BCUT2D eigenvalue weighted by molar-refractivity contribution is -0.118. The molecule has 0 aliphatic carbocycles. The van der Waals surface area contributed by atoms with Crippen LogP contribution in [0.3, 0.4) is 0 Å². The Morgan fingerprint density at radius 2 is 1.52 bits per heavy atom. The maximum absolute atomic E-state index is 12.0. The first-order valence-electron chi connectivity index (χ1n) is 6.80. The van der Waals surface area contributed by atoms with Crippen LogP contribution in [0.15, 0.2) is 72.8 Å². The molecule has 21 heavy (non-hydrogen) atoms. The molecule has 0 saturated carbocycles. The average Bonchev–Trinajstić information content (AvgIpc) is 2.54. The van der Waals surface area contributed by atoms with Crippen LogP contribution in [-0.4, -0.2) is 11.7 Å². The highest BCUT2D eigenvalue weighted by Crippen LogP contribution is 2.09. The first-order chi connectivity index (χ1) is 10.2. The number of amides is 1. The molecule has 0 spiro atoms. The lowest BCUT2D eigenvalue weighted by Gasteiger charge is -2.08. The number of rotatable bonds is 5. The summed E-state index contributed by atoms with van der Waals surface area (Å²) in [5.74, 6) is -0.619. The van der Waals surface area contributed by atoms with Crippen LogP contribution in [0, 0.1) is 5.92 Å². The fourth-order valence-corrected chi connectivity index (χ4v) is 1.80. The van der Waals surface area contributed by atoms with Crippen molar-refractivity contribution in [1.29, 1.82) is 0 Å². The third-order valence-corrected chi connectivity index (χ3v) is 3.05. The molecule has 0 aliphatic heterocycles. The molecule has 1 unspecified atom stereocenters. The van der Waals surface area contributed by atoms with Crippen LogP contribution in [0.1, 0.15) is 17.3 Å². The second-order valence-electron chi connectivity index (χ2n) is 4.73. The van der Waals surface area contributed by atoms with Gasteiger partial charge in [-0.15, -0.1) is 0 Å². The molecule has 0 radical (unpaired) electrons. The zero-order valence-electron chi connectivity index (χ0n) is 11.8. The van der Waals surface area contributed by atoms with Gasteiger partial charge in [0.2, 0.25) is 5.91 Å². The van der Waals surface area contributed by atoms with E-state index in [4.69, 9.17) is 0 Å². The summed E-state index contributed by atoms with van der Waals surface area (Å²) < 4.78 is 0. The molecule has 106 valence electrons. The number of benzene rings is 2. The van der Waals surface area contributed by atoms with Gasteiger partial charge in [0.25, 0.3) is 0 Å². The van der Waals surface area contributed by atoms with E-state index in [1.54, 1.807) is 25.1 Å². The highest BCUT2D eigenvalue weighted by Gasteiger charge is 2.10. The van der Waals surface area contributed by atoms with Gasteiger partial charge in [-0.2, -0.15) is 0 Å². The van der Waals surface area contributed by atoms with Gasteiger partial charge < -0.3 is 5.32 Å². The van der Waals surface area contributed by atoms with Crippen molar-refractivity contribution in [2.24, 2.45) is 5.92 Å². The summed E-state index contributed by atoms with van der Waals surface area (Å²) in [6.07, 6.45) is 3.07. The molecule has 1 N–H and O–H groups in total. The van der Waals surface area contributed by atoms with E-state index in [0.717, 1.165) is 5.69 Å². The van der Waals surface area contributed by atoms with Crippen LogP contribution in [0.25, 0.3) is 0 Å². The predicted octanol–water partition coefficient (Wildman–Crippen LogP) is 3.70. The summed E-state index contributed by atoms with van der Waals surface area (Å²) in [7, 11) is 0. The number of anilines is 1. The molecule has 2 aromatic rings. The lowest BCUT2D eigenvalue weighted by atomic mass is 10.1. The zero-order chi connectivity index (χ0) is 15.1. The lowest BCUT2D eigenvalue weighted by Crippen LogP contribution is -2.18. The van der Waals surface area contributed by atoms with Crippen molar-refractivity contribution >= 4 is 17.4 Å². The number of nitrogens with one attached hydrogen (secondary N) is 1. The van der Waals surface area contributed by atoms with E-state index in [2.05, 4.69) is 5.32 Å². The molecule has 3 nitrogen and oxygen atoms in total. The van der Waals surface area contributed by atoms with Gasteiger partial charge in [0.15, 0.2) is 5.78 Å². The Morgan fingerprint density at radius 1 is 0.952 bits per heavy atom. The molecule has 0 aliphatic rings. The fourth-order valence-electron chi connectivity index (χ4n) is 1.80. The van der Waals surface area contributed by atoms with Gasteiger partial charge in [0.05, 0.1) is 5.92 Å². The molecule has 2 aromatic carbocycles. The molecule has 0 saturated heterocycles. The van der Waals surface area contributed by atoms with E-state index in [9.17, 15) is 9.59 Å². The molecule has 1 amide bonds. The minimum atomic E-state index is -0.377. The fraction of sp³-hybridized carbons (Fsp3) is 0.111. The Hall–Kier alpha value is -2.68. The van der Waals surface area contributed by atoms with Gasteiger partial charge in [-0.1, -0.05) is 61.5 Å². The van der Waals surface area contributed by atoms with Gasteiger partial charge >= 0.3 is 0 Å². The highest BCUT2D eigenvalue weighted by molar-refractivity contribution is 6.05. The van der Waals surface area contributed by atoms with Crippen LogP contribution in [0.5, 0.6) is 0 Å². The first-order valence-corrected chi connectivity index (χ1v) is 6.80. The number of para-hydroxylation sites is 1. The van der Waals surface area contributed by atoms with Crippen molar-refractivity contribution in [3.8, 4) is 0 Å². The Balaban J connectivity index is 1.94. The molecule has 0 aromatic heterocycles. The smallest absolute Gasteiger partial charge is 0.231 e.